The molecule has 1 aliphatic rings. The van der Waals surface area contributed by atoms with Crippen LogP contribution in [-0.2, 0) is 4.79 Å². The minimum absolute atomic E-state index is 0.0180. The number of hydrogen-bond acceptors (Lipinski definition) is 5. The Morgan fingerprint density at radius 2 is 1.96 bits per heavy atom. The second kappa shape index (κ2) is 6.45. The molecule has 1 aliphatic heterocycles. The van der Waals surface area contributed by atoms with Gasteiger partial charge in [0.25, 0.3) is 0 Å². The zero-order chi connectivity index (χ0) is 19.3. The summed E-state index contributed by atoms with van der Waals surface area (Å²) in [5.41, 5.74) is 3.95. The number of carbonyl (C=O) groups is 1. The summed E-state index contributed by atoms with van der Waals surface area (Å²) in [5.74, 6) is 1.45. The summed E-state index contributed by atoms with van der Waals surface area (Å²) in [6.07, 6.45) is 0.395. The first-order valence-corrected chi connectivity index (χ1v) is 9.85. The van der Waals surface area contributed by atoms with Crippen LogP contribution in [0.3, 0.4) is 0 Å². The van der Waals surface area contributed by atoms with E-state index in [4.69, 9.17) is 14.8 Å². The van der Waals surface area contributed by atoms with Crippen LogP contribution >= 0.6 is 11.3 Å². The lowest BCUT2D eigenvalue weighted by atomic mass is 9.86. The highest BCUT2D eigenvalue weighted by Gasteiger charge is 2.33. The summed E-state index contributed by atoms with van der Waals surface area (Å²) in [7, 11) is 1.65. The molecule has 140 valence electrons. The molecule has 1 amide bonds. The van der Waals surface area contributed by atoms with E-state index in [2.05, 4.69) is 5.32 Å². The zero-order valence-corrected chi connectivity index (χ0v) is 16.3. The summed E-state index contributed by atoms with van der Waals surface area (Å²) in [6.45, 7) is 1.98. The topological polar surface area (TPSA) is 69.0 Å². The highest BCUT2D eigenvalue weighted by atomic mass is 32.1. The third-order valence-electron chi connectivity index (χ3n) is 5.08. The number of aryl methyl sites for hydroxylation is 1. The summed E-state index contributed by atoms with van der Waals surface area (Å²) in [4.78, 5) is 17.2. The van der Waals surface area contributed by atoms with Gasteiger partial charge in [0.2, 0.25) is 11.0 Å². The van der Waals surface area contributed by atoms with Crippen molar-refractivity contribution < 1.29 is 9.53 Å². The monoisotopic (exact) mass is 390 g/mol. The molecule has 0 unspecified atom stereocenters. The Morgan fingerprint density at radius 1 is 1.18 bits per heavy atom. The van der Waals surface area contributed by atoms with Crippen molar-refractivity contribution in [2.75, 3.05) is 12.4 Å². The smallest absolute Gasteiger partial charge is 0.226 e. The molecule has 0 saturated heterocycles. The number of amides is 1. The number of ether oxygens (including phenoxy) is 1. The Morgan fingerprint density at radius 3 is 2.71 bits per heavy atom. The van der Waals surface area contributed by atoms with Crippen LogP contribution in [0.2, 0.25) is 0 Å². The van der Waals surface area contributed by atoms with E-state index in [1.807, 2.05) is 55.5 Å². The number of thiazole rings is 1. The zero-order valence-electron chi connectivity index (χ0n) is 15.5. The van der Waals surface area contributed by atoms with Crippen LogP contribution in [0, 0.1) is 6.92 Å². The van der Waals surface area contributed by atoms with E-state index in [0.717, 1.165) is 37.9 Å². The lowest BCUT2D eigenvalue weighted by Crippen LogP contribution is -2.24. The first-order valence-electron chi connectivity index (χ1n) is 9.03. The third kappa shape index (κ3) is 2.66. The normalized spacial score (nSPS) is 16.1. The van der Waals surface area contributed by atoms with Crippen LogP contribution in [0.5, 0.6) is 5.75 Å². The van der Waals surface area contributed by atoms with Gasteiger partial charge in [0.1, 0.15) is 11.6 Å². The van der Waals surface area contributed by atoms with E-state index in [1.165, 1.54) is 0 Å². The van der Waals surface area contributed by atoms with Gasteiger partial charge in [-0.1, -0.05) is 35.6 Å². The van der Waals surface area contributed by atoms with Crippen molar-refractivity contribution in [1.29, 1.82) is 0 Å². The number of carbonyl (C=O) groups excluding carboxylic acids is 1. The molecule has 3 heterocycles. The first kappa shape index (κ1) is 16.9. The van der Waals surface area contributed by atoms with Gasteiger partial charge in [0, 0.05) is 17.9 Å². The van der Waals surface area contributed by atoms with Crippen molar-refractivity contribution in [3.8, 4) is 10.9 Å². The van der Waals surface area contributed by atoms with E-state index >= 15 is 0 Å². The highest BCUT2D eigenvalue weighted by Crippen LogP contribution is 2.41. The largest absolute Gasteiger partial charge is 0.497 e. The number of anilines is 1. The van der Waals surface area contributed by atoms with Crippen molar-refractivity contribution in [1.82, 2.24) is 14.8 Å². The molecule has 0 spiro atoms. The Hall–Kier alpha value is -3.19. The second-order valence-corrected chi connectivity index (χ2v) is 7.81. The molecule has 0 fully saturated rings. The van der Waals surface area contributed by atoms with Crippen LogP contribution in [-0.4, -0.2) is 27.8 Å². The molecule has 0 radical (unpaired) electrons. The Kier molecular flexibility index (Phi) is 3.91. The van der Waals surface area contributed by atoms with Gasteiger partial charge in [-0.3, -0.25) is 4.79 Å². The molecule has 7 heteroatoms. The van der Waals surface area contributed by atoms with Crippen molar-refractivity contribution in [2.45, 2.75) is 19.3 Å². The highest BCUT2D eigenvalue weighted by molar-refractivity contribution is 7.20. The first-order chi connectivity index (χ1) is 13.6. The molecule has 0 bridgehead atoms. The van der Waals surface area contributed by atoms with Crippen molar-refractivity contribution in [3.05, 3.63) is 65.4 Å². The number of para-hydroxylation sites is 1. The SMILES string of the molecule is COc1ccc([C@H]2CC(=O)Nc3c2c(C)nn3-c2nc3ccccc3s2)cc1. The molecule has 0 aliphatic carbocycles. The van der Waals surface area contributed by atoms with Crippen LogP contribution in [0.4, 0.5) is 5.82 Å². The number of hydrogen-bond donors (Lipinski definition) is 1. The predicted octanol–water partition coefficient (Wildman–Crippen LogP) is 4.27. The van der Waals surface area contributed by atoms with Crippen molar-refractivity contribution >= 4 is 33.3 Å². The Labute approximate surface area is 165 Å². The van der Waals surface area contributed by atoms with Crippen LogP contribution in [0.25, 0.3) is 15.3 Å². The number of fused-ring (bicyclic) bond motifs is 2. The second-order valence-electron chi connectivity index (χ2n) is 6.80. The Balaban J connectivity index is 1.64. The fraction of sp³-hybridized carbons (Fsp3) is 0.190. The fourth-order valence-electron chi connectivity index (χ4n) is 3.76. The molecule has 1 atom stereocenters. The maximum Gasteiger partial charge on any atom is 0.226 e. The average molecular weight is 390 g/mol. The molecular formula is C21H18N4O2S. The number of aromatic nitrogens is 3. The van der Waals surface area contributed by atoms with Gasteiger partial charge >= 0.3 is 0 Å². The van der Waals surface area contributed by atoms with E-state index < -0.39 is 0 Å². The van der Waals surface area contributed by atoms with Crippen LogP contribution < -0.4 is 10.1 Å². The fourth-order valence-corrected chi connectivity index (χ4v) is 4.68. The molecule has 0 saturated carbocycles. The quantitative estimate of drug-likeness (QED) is 0.567. The predicted molar refractivity (Wildman–Crippen MR) is 110 cm³/mol. The summed E-state index contributed by atoms with van der Waals surface area (Å²) >= 11 is 1.56. The summed E-state index contributed by atoms with van der Waals surface area (Å²) in [6, 6.07) is 15.9. The lowest BCUT2D eigenvalue weighted by Gasteiger charge is -2.24. The summed E-state index contributed by atoms with van der Waals surface area (Å²) in [5, 5.41) is 8.50. The van der Waals surface area contributed by atoms with Crippen LogP contribution in [0.1, 0.15) is 29.2 Å². The van der Waals surface area contributed by atoms with Crippen LogP contribution in [0.15, 0.2) is 48.5 Å². The number of methoxy groups -OCH3 is 1. The standard InChI is InChI=1S/C21H18N4O2S/c1-12-19-15(13-7-9-14(27-2)10-8-13)11-18(26)23-20(19)25(24-12)21-22-16-5-3-4-6-17(16)28-21/h3-10,15H,11H2,1-2H3,(H,23,26)/t15-/m1/s1. The number of nitrogens with zero attached hydrogens (tertiary/aromatic N) is 3. The molecule has 6 nitrogen and oxygen atoms in total. The maximum atomic E-state index is 12.5. The van der Waals surface area contributed by atoms with Crippen molar-refractivity contribution in [3.63, 3.8) is 0 Å². The van der Waals surface area contributed by atoms with E-state index in [1.54, 1.807) is 23.1 Å². The van der Waals surface area contributed by atoms with E-state index in [-0.39, 0.29) is 11.8 Å². The number of benzene rings is 2. The Bertz CT molecular complexity index is 1160. The third-order valence-corrected chi connectivity index (χ3v) is 6.10. The van der Waals surface area contributed by atoms with Gasteiger partial charge in [-0.15, -0.1) is 0 Å². The van der Waals surface area contributed by atoms with Gasteiger partial charge in [-0.2, -0.15) is 9.78 Å². The van der Waals surface area contributed by atoms with Gasteiger partial charge in [0.05, 0.1) is 23.0 Å². The molecule has 5 rings (SSSR count). The summed E-state index contributed by atoms with van der Waals surface area (Å²) < 4.78 is 8.12. The maximum absolute atomic E-state index is 12.5. The van der Waals surface area contributed by atoms with Gasteiger partial charge < -0.3 is 10.1 Å². The lowest BCUT2D eigenvalue weighted by molar-refractivity contribution is -0.116. The van der Waals surface area contributed by atoms with E-state index in [9.17, 15) is 4.79 Å². The minimum atomic E-state index is -0.0437. The molecule has 2 aromatic carbocycles. The van der Waals surface area contributed by atoms with E-state index in [0.29, 0.717) is 12.2 Å². The average Bonchev–Trinajstić information content (AvgIpc) is 3.28. The van der Waals surface area contributed by atoms with Gasteiger partial charge in [0.15, 0.2) is 0 Å². The molecule has 28 heavy (non-hydrogen) atoms. The molecule has 1 N–H and O–H groups in total. The number of rotatable bonds is 3. The molecular weight excluding hydrogens is 372 g/mol. The van der Waals surface area contributed by atoms with Gasteiger partial charge in [-0.25, -0.2) is 4.98 Å². The van der Waals surface area contributed by atoms with Crippen molar-refractivity contribution in [2.24, 2.45) is 0 Å². The molecule has 4 aromatic rings. The van der Waals surface area contributed by atoms with Gasteiger partial charge in [-0.05, 0) is 36.8 Å². The minimum Gasteiger partial charge on any atom is -0.497 e. The number of nitrogens with one attached hydrogen (secondary N) is 1. The molecule has 2 aromatic heterocycles.